The summed E-state index contributed by atoms with van der Waals surface area (Å²) in [5, 5.41) is 6.27. The lowest BCUT2D eigenvalue weighted by Crippen LogP contribution is -2.23. The minimum Gasteiger partial charge on any atom is -0.372 e. The van der Waals surface area contributed by atoms with Crippen LogP contribution in [0.3, 0.4) is 0 Å². The maximum atomic E-state index is 11.9. The van der Waals surface area contributed by atoms with Gasteiger partial charge in [-0.1, -0.05) is 13.8 Å². The zero-order valence-corrected chi connectivity index (χ0v) is 13.9. The van der Waals surface area contributed by atoms with E-state index in [0.717, 1.165) is 38.3 Å². The molecule has 0 unspecified atom stereocenters. The van der Waals surface area contributed by atoms with Crippen molar-refractivity contribution in [2.45, 2.75) is 39.5 Å². The second kappa shape index (κ2) is 8.79. The highest BCUT2D eigenvalue weighted by molar-refractivity contribution is 5.91. The molecule has 122 valence electrons. The Morgan fingerprint density at radius 1 is 1.14 bits per heavy atom. The first-order chi connectivity index (χ1) is 10.6. The number of nitrogens with zero attached hydrogens (tertiary/aromatic N) is 1. The number of rotatable bonds is 8. The van der Waals surface area contributed by atoms with Crippen molar-refractivity contribution in [3.8, 4) is 0 Å². The normalized spacial score (nSPS) is 14.6. The smallest absolute Gasteiger partial charge is 0.225 e. The minimum atomic E-state index is 0.0750. The molecule has 0 radical (unpaired) electrons. The topological polar surface area (TPSA) is 44.4 Å². The fourth-order valence-electron chi connectivity index (χ4n) is 2.67. The summed E-state index contributed by atoms with van der Waals surface area (Å²) in [6.45, 7) is 8.43. The molecule has 1 amide bonds. The molecule has 0 aliphatic carbocycles. The van der Waals surface area contributed by atoms with Crippen LogP contribution in [0.4, 0.5) is 11.4 Å². The number of carbonyl (C=O) groups excluding carboxylic acids is 1. The molecular formula is C18H29N3O. The molecule has 0 bridgehead atoms. The molecule has 1 aromatic carbocycles. The number of hydrogen-bond acceptors (Lipinski definition) is 3. The van der Waals surface area contributed by atoms with Crippen LogP contribution in [0.2, 0.25) is 0 Å². The molecule has 0 atom stereocenters. The quantitative estimate of drug-likeness (QED) is 0.725. The number of amides is 1. The van der Waals surface area contributed by atoms with Crippen LogP contribution < -0.4 is 15.5 Å². The molecule has 1 aliphatic heterocycles. The summed E-state index contributed by atoms with van der Waals surface area (Å²) in [5.74, 6) is 0.779. The van der Waals surface area contributed by atoms with E-state index in [-0.39, 0.29) is 5.91 Å². The van der Waals surface area contributed by atoms with Gasteiger partial charge in [0.25, 0.3) is 0 Å². The van der Waals surface area contributed by atoms with E-state index in [0.29, 0.717) is 12.3 Å². The predicted octanol–water partition coefficient (Wildman–Crippen LogP) is 3.25. The van der Waals surface area contributed by atoms with Gasteiger partial charge in [0.1, 0.15) is 0 Å². The first-order valence-electron chi connectivity index (χ1n) is 8.51. The molecule has 2 N–H and O–H groups in total. The van der Waals surface area contributed by atoms with Crippen molar-refractivity contribution in [2.24, 2.45) is 5.92 Å². The van der Waals surface area contributed by atoms with Gasteiger partial charge in [-0.15, -0.1) is 0 Å². The highest BCUT2D eigenvalue weighted by atomic mass is 16.1. The lowest BCUT2D eigenvalue weighted by atomic mass is 10.1. The summed E-state index contributed by atoms with van der Waals surface area (Å²) in [6, 6.07) is 8.19. The van der Waals surface area contributed by atoms with E-state index in [4.69, 9.17) is 0 Å². The van der Waals surface area contributed by atoms with E-state index in [2.05, 4.69) is 41.5 Å². The Morgan fingerprint density at radius 3 is 2.45 bits per heavy atom. The molecule has 4 nitrogen and oxygen atoms in total. The van der Waals surface area contributed by atoms with Gasteiger partial charge >= 0.3 is 0 Å². The van der Waals surface area contributed by atoms with Crippen molar-refractivity contribution in [1.29, 1.82) is 0 Å². The fourth-order valence-corrected chi connectivity index (χ4v) is 2.67. The first-order valence-corrected chi connectivity index (χ1v) is 8.51. The van der Waals surface area contributed by atoms with Crippen LogP contribution in [-0.2, 0) is 4.79 Å². The molecule has 1 heterocycles. The third-order valence-electron chi connectivity index (χ3n) is 4.05. The van der Waals surface area contributed by atoms with Gasteiger partial charge in [0.15, 0.2) is 0 Å². The zero-order chi connectivity index (χ0) is 15.8. The van der Waals surface area contributed by atoms with Crippen LogP contribution >= 0.6 is 0 Å². The number of anilines is 2. The maximum absolute atomic E-state index is 11.9. The first kappa shape index (κ1) is 16.8. The third-order valence-corrected chi connectivity index (χ3v) is 4.05. The van der Waals surface area contributed by atoms with Gasteiger partial charge in [0, 0.05) is 37.4 Å². The van der Waals surface area contributed by atoms with Gasteiger partial charge in [-0.25, -0.2) is 0 Å². The van der Waals surface area contributed by atoms with Gasteiger partial charge in [-0.3, -0.25) is 4.79 Å². The molecule has 0 aromatic heterocycles. The van der Waals surface area contributed by atoms with Crippen LogP contribution in [0.5, 0.6) is 0 Å². The molecule has 0 saturated carbocycles. The van der Waals surface area contributed by atoms with Crippen LogP contribution in [0.25, 0.3) is 0 Å². The summed E-state index contributed by atoms with van der Waals surface area (Å²) in [4.78, 5) is 14.3. The lowest BCUT2D eigenvalue weighted by Gasteiger charge is -2.17. The van der Waals surface area contributed by atoms with Gasteiger partial charge in [-0.2, -0.15) is 0 Å². The Hall–Kier alpha value is -1.55. The second-order valence-corrected chi connectivity index (χ2v) is 6.47. The SMILES string of the molecule is CC(C)CCNCCC(=O)Nc1ccc(N2CCCC2)cc1. The summed E-state index contributed by atoms with van der Waals surface area (Å²) < 4.78 is 0. The van der Waals surface area contributed by atoms with E-state index >= 15 is 0 Å². The highest BCUT2D eigenvalue weighted by Crippen LogP contribution is 2.22. The van der Waals surface area contributed by atoms with Crippen LogP contribution in [0.15, 0.2) is 24.3 Å². The number of carbonyl (C=O) groups is 1. The number of benzene rings is 1. The lowest BCUT2D eigenvalue weighted by molar-refractivity contribution is -0.116. The van der Waals surface area contributed by atoms with E-state index in [1.807, 2.05) is 12.1 Å². The molecule has 2 rings (SSSR count). The second-order valence-electron chi connectivity index (χ2n) is 6.47. The van der Waals surface area contributed by atoms with Crippen LogP contribution in [-0.4, -0.2) is 32.1 Å². The number of hydrogen-bond donors (Lipinski definition) is 2. The van der Waals surface area contributed by atoms with Gasteiger partial charge in [0.2, 0.25) is 5.91 Å². The molecular weight excluding hydrogens is 274 g/mol. The summed E-state index contributed by atoms with van der Waals surface area (Å²) in [5.41, 5.74) is 2.14. The van der Waals surface area contributed by atoms with Crippen molar-refractivity contribution in [1.82, 2.24) is 5.32 Å². The fraction of sp³-hybridized carbons (Fsp3) is 0.611. The van der Waals surface area contributed by atoms with E-state index in [1.165, 1.54) is 18.5 Å². The van der Waals surface area contributed by atoms with Crippen molar-refractivity contribution in [2.75, 3.05) is 36.4 Å². The van der Waals surface area contributed by atoms with Crippen molar-refractivity contribution < 1.29 is 4.79 Å². The van der Waals surface area contributed by atoms with Crippen molar-refractivity contribution >= 4 is 17.3 Å². The van der Waals surface area contributed by atoms with Gasteiger partial charge < -0.3 is 15.5 Å². The number of nitrogens with one attached hydrogen (secondary N) is 2. The summed E-state index contributed by atoms with van der Waals surface area (Å²) in [7, 11) is 0. The van der Waals surface area contributed by atoms with Crippen molar-refractivity contribution in [3.63, 3.8) is 0 Å². The van der Waals surface area contributed by atoms with Crippen LogP contribution in [0, 0.1) is 5.92 Å². The predicted molar refractivity (Wildman–Crippen MR) is 93.5 cm³/mol. The monoisotopic (exact) mass is 303 g/mol. The van der Waals surface area contributed by atoms with Gasteiger partial charge in [0.05, 0.1) is 0 Å². The third kappa shape index (κ3) is 5.68. The Balaban J connectivity index is 1.68. The van der Waals surface area contributed by atoms with E-state index in [9.17, 15) is 4.79 Å². The molecule has 22 heavy (non-hydrogen) atoms. The molecule has 1 aliphatic rings. The average Bonchev–Trinajstić information content (AvgIpc) is 3.01. The van der Waals surface area contributed by atoms with E-state index in [1.54, 1.807) is 0 Å². The van der Waals surface area contributed by atoms with Crippen molar-refractivity contribution in [3.05, 3.63) is 24.3 Å². The molecule has 1 aromatic rings. The molecule has 1 fully saturated rings. The highest BCUT2D eigenvalue weighted by Gasteiger charge is 2.12. The van der Waals surface area contributed by atoms with E-state index < -0.39 is 0 Å². The maximum Gasteiger partial charge on any atom is 0.225 e. The van der Waals surface area contributed by atoms with Crippen LogP contribution in [0.1, 0.15) is 39.5 Å². The van der Waals surface area contributed by atoms with Gasteiger partial charge in [-0.05, 0) is 56.0 Å². The Labute approximate surface area is 134 Å². The summed E-state index contributed by atoms with van der Waals surface area (Å²) >= 11 is 0. The average molecular weight is 303 g/mol. The standard InChI is InChI=1S/C18H29N3O/c1-15(2)9-11-19-12-10-18(22)20-16-5-7-17(8-6-16)21-13-3-4-14-21/h5-8,15,19H,3-4,9-14H2,1-2H3,(H,20,22). The minimum absolute atomic E-state index is 0.0750. The zero-order valence-electron chi connectivity index (χ0n) is 13.9. The Kier molecular flexibility index (Phi) is 6.72. The Morgan fingerprint density at radius 2 is 1.82 bits per heavy atom. The molecule has 1 saturated heterocycles. The largest absolute Gasteiger partial charge is 0.372 e. The Bertz CT molecular complexity index is 450. The molecule has 0 spiro atoms. The summed E-state index contributed by atoms with van der Waals surface area (Å²) in [6.07, 6.45) is 4.23. The molecule has 4 heteroatoms.